The van der Waals surface area contributed by atoms with Gasteiger partial charge in [0.05, 0.1) is 66.7 Å². The Kier molecular flexibility index (Phi) is 17.4. The van der Waals surface area contributed by atoms with Crippen molar-refractivity contribution in [3.05, 3.63) is 488 Å². The number of para-hydroxylation sites is 5. The van der Waals surface area contributed by atoms with Gasteiger partial charge in [-0.25, -0.2) is 0 Å². The van der Waals surface area contributed by atoms with E-state index in [4.69, 9.17) is 0 Å². The fraction of sp³-hybridized carbons (Fsp3) is 0.150. The van der Waals surface area contributed by atoms with Crippen molar-refractivity contribution in [2.75, 3.05) is 0 Å². The lowest BCUT2D eigenvalue weighted by Crippen LogP contribution is -2.26. The van der Waals surface area contributed by atoms with E-state index in [1.54, 1.807) is 0 Å². The van der Waals surface area contributed by atoms with Crippen molar-refractivity contribution in [3.8, 4) is 95.0 Å². The van der Waals surface area contributed by atoms with Crippen molar-refractivity contribution < 1.29 is 0 Å². The third kappa shape index (κ3) is 11.4. The van der Waals surface area contributed by atoms with Crippen LogP contribution in [0, 0.1) is 0 Å². The molecule has 0 N–H and O–H groups in total. The van der Waals surface area contributed by atoms with Crippen LogP contribution in [0.5, 0.6) is 0 Å². The Morgan fingerprint density at radius 3 is 1.00 bits per heavy atom. The maximum absolute atomic E-state index is 13.3. The van der Waals surface area contributed by atoms with Crippen LogP contribution >= 0.6 is 0 Å². The number of nitrogens with zero attached hydrogens (tertiary/aromatic N) is 4. The molecule has 32 rings (SSSR count). The van der Waals surface area contributed by atoms with Crippen LogP contribution in [0.3, 0.4) is 0 Å². The maximum atomic E-state index is 13.3. The fourth-order valence-electron chi connectivity index (χ4n) is 28.5. The molecule has 0 saturated carbocycles. The minimum Gasteiger partial charge on any atom is -0.309 e. The molecule has 0 bridgehead atoms. The van der Waals surface area contributed by atoms with Gasteiger partial charge in [0.2, 0.25) is 0 Å². The van der Waals surface area contributed by atoms with Crippen molar-refractivity contribution in [3.63, 3.8) is 0 Å². The lowest BCUT2D eigenvalue weighted by molar-refractivity contribution is 0.630. The third-order valence-electron chi connectivity index (χ3n) is 35.5. The highest BCUT2D eigenvalue weighted by Crippen LogP contribution is 2.62. The van der Waals surface area contributed by atoms with Crippen LogP contribution in [0.1, 0.15) is 175 Å². The summed E-state index contributed by atoms with van der Waals surface area (Å²) < 4.78 is 9.96. The predicted octanol–water partition coefficient (Wildman–Crippen LogP) is 35.8. The van der Waals surface area contributed by atoms with Crippen LogP contribution in [-0.2, 0) is 37.9 Å². The summed E-state index contributed by atoms with van der Waals surface area (Å²) in [6.07, 6.45) is 0. The number of aromatic nitrogens is 4. The molecule has 0 atom stereocenters. The van der Waals surface area contributed by atoms with Crippen molar-refractivity contribution in [1.82, 2.24) is 18.1 Å². The molecule has 0 amide bonds. The first-order valence-corrected chi connectivity index (χ1v) is 51.7. The molecule has 7 aliphatic rings. The Morgan fingerprint density at radius 1 is 0.172 bits per heavy atom. The van der Waals surface area contributed by atoms with Gasteiger partial charge < -0.3 is 18.1 Å². The largest absolute Gasteiger partial charge is 0.309 e. The van der Waals surface area contributed by atoms with Crippen molar-refractivity contribution in [2.45, 2.75) is 135 Å². The molecule has 0 unspecified atom stereocenters. The van der Waals surface area contributed by atoms with E-state index in [9.17, 15) is 4.79 Å². The average Bonchev–Trinajstić information content (AvgIpc) is 1.53. The normalized spacial score (nSPS) is 15.7. The SMILES string of the molecule is CC1(C)c2cc3c(cc2-c2cccc4cccc1c24)c1cc(-c2ccccc2)cc2c1n3-c1ccccc1C2(C)C.CC1(C)c2ccccc2-c2cc3c4cc(-c5ccccc5)cc5c4n(c3cc21)-c1ccccc1C5(C)C.CC1(C)c2ccccc2-c2ccc3c(c21)c1cc(-c2ccccc2)cc2c1n3-c1ccccc1C2(C)C.CC1(C)c2ccccc2-c2ccc3c(c21)c1cccc2c(=O)c4ccccc4n3c21. The Balaban J connectivity index is 0.0000000922. The second-order valence-corrected chi connectivity index (χ2v) is 45.6. The standard InChI is InChI=1S/C40H31N.2C36H29N.C28H19NO/c1-39(2)31-17-8-9-19-35(31)41-36-23-33-28(27-16-10-14-25-15-11-18-32(37(25)27)40(33,3)4)22-29(36)30-20-26(21-34(39)38(30)41)24-12-6-5-7-13-24;1-35(2)28-15-9-8-14-24(28)25-20-26-27-18-23(22-12-6-5-7-13-22)19-31-34(27)37(33(26)21-30(25)35)32-17-11-10-16-29(32)36(31,3)4;1-35(2)28-16-10-11-17-30(28)37-31-19-18-25-24-14-8-9-15-27(24)36(3,4)33(25)32(31)26-20-23(21-29(35)34(26)37)22-12-6-5-7-13-22;1-28(2)21-12-5-3-8-16(21)17-14-15-23-24(25(17)28)19-10-7-11-20-26(19)29(23)22-13-6-4-9-18(22)27(20)30/h5-23H,1-4H3;2*5-21H,1-4H3;3-15H,1-2H3. The lowest BCUT2D eigenvalue weighted by Gasteiger charge is -2.36. The molecule has 145 heavy (non-hydrogen) atoms. The first-order valence-electron chi connectivity index (χ1n) is 51.7. The molecule has 20 aromatic carbocycles. The molecule has 0 saturated heterocycles. The molecule has 3 aliphatic heterocycles. The molecule has 5 nitrogen and oxygen atoms in total. The number of pyridine rings is 1. The summed E-state index contributed by atoms with van der Waals surface area (Å²) in [6.45, 7) is 33.3. The third-order valence-corrected chi connectivity index (χ3v) is 35.5. The van der Waals surface area contributed by atoms with Gasteiger partial charge >= 0.3 is 0 Å². The summed E-state index contributed by atoms with van der Waals surface area (Å²) in [5.74, 6) is 0. The summed E-state index contributed by atoms with van der Waals surface area (Å²) in [5, 5.41) is 14.9. The highest BCUT2D eigenvalue weighted by Gasteiger charge is 2.47. The summed E-state index contributed by atoms with van der Waals surface area (Å²) in [4.78, 5) is 13.3. The zero-order valence-corrected chi connectivity index (χ0v) is 84.3. The van der Waals surface area contributed by atoms with E-state index >= 15 is 0 Å². The molecule has 8 heterocycles. The van der Waals surface area contributed by atoms with Gasteiger partial charge in [0.1, 0.15) is 0 Å². The number of benzene rings is 20. The number of fused-ring (bicyclic) bond motifs is 33. The zero-order valence-electron chi connectivity index (χ0n) is 84.3. The van der Waals surface area contributed by atoms with E-state index in [0.717, 1.165) is 21.8 Å². The highest BCUT2D eigenvalue weighted by molar-refractivity contribution is 6.23. The van der Waals surface area contributed by atoms with Crippen LogP contribution in [0.15, 0.2) is 405 Å². The Bertz CT molecular complexity index is 10100. The van der Waals surface area contributed by atoms with Crippen molar-refractivity contribution in [1.29, 1.82) is 0 Å². The van der Waals surface area contributed by atoms with Crippen LogP contribution < -0.4 is 5.43 Å². The van der Waals surface area contributed by atoms with E-state index in [2.05, 4.69) is 485 Å². The molecule has 5 aromatic heterocycles. The maximum Gasteiger partial charge on any atom is 0.197 e. The average molecular weight is 1860 g/mol. The Labute approximate surface area is 844 Å². The van der Waals surface area contributed by atoms with E-state index < -0.39 is 0 Å². The van der Waals surface area contributed by atoms with Gasteiger partial charge in [0, 0.05) is 91.8 Å². The molecular formula is C140H108N4O. The van der Waals surface area contributed by atoms with E-state index in [1.807, 2.05) is 30.3 Å². The first kappa shape index (κ1) is 85.3. The quantitative estimate of drug-likeness (QED) is 0.162. The van der Waals surface area contributed by atoms with Gasteiger partial charge in [-0.1, -0.05) is 388 Å². The van der Waals surface area contributed by atoms with Gasteiger partial charge in [-0.15, -0.1) is 0 Å². The number of hydrogen-bond acceptors (Lipinski definition) is 1. The highest BCUT2D eigenvalue weighted by atomic mass is 16.1. The lowest BCUT2D eigenvalue weighted by atomic mass is 9.68. The Morgan fingerprint density at radius 2 is 0.510 bits per heavy atom. The fourth-order valence-corrected chi connectivity index (χ4v) is 28.5. The van der Waals surface area contributed by atoms with Gasteiger partial charge in [-0.3, -0.25) is 4.79 Å². The van der Waals surface area contributed by atoms with E-state index in [0.29, 0.717) is 0 Å². The minimum atomic E-state index is -0.120. The summed E-state index contributed by atoms with van der Waals surface area (Å²) in [6, 6.07) is 148. The van der Waals surface area contributed by atoms with Crippen molar-refractivity contribution >= 4 is 114 Å². The summed E-state index contributed by atoms with van der Waals surface area (Å²) in [5.41, 5.74) is 52.7. The van der Waals surface area contributed by atoms with E-state index in [-0.39, 0.29) is 43.3 Å². The molecule has 0 spiro atoms. The Hall–Kier alpha value is -16.5. The van der Waals surface area contributed by atoms with Crippen LogP contribution in [0.25, 0.3) is 209 Å². The van der Waals surface area contributed by atoms with E-state index in [1.165, 1.54) is 265 Å². The molecule has 0 fully saturated rings. The molecule has 4 aliphatic carbocycles. The monoisotopic (exact) mass is 1860 g/mol. The molecular weight excluding hydrogens is 1750 g/mol. The molecule has 0 radical (unpaired) electrons. The minimum absolute atomic E-state index is 0.0255. The van der Waals surface area contributed by atoms with Gasteiger partial charge in [0.25, 0.3) is 0 Å². The van der Waals surface area contributed by atoms with Crippen LogP contribution in [0.4, 0.5) is 0 Å². The summed E-state index contributed by atoms with van der Waals surface area (Å²) in [7, 11) is 0. The van der Waals surface area contributed by atoms with Crippen LogP contribution in [-0.4, -0.2) is 18.1 Å². The topological polar surface area (TPSA) is 36.3 Å². The van der Waals surface area contributed by atoms with Gasteiger partial charge in [-0.2, -0.15) is 0 Å². The second-order valence-electron chi connectivity index (χ2n) is 45.6. The molecule has 694 valence electrons. The number of hydrogen-bond donors (Lipinski definition) is 0. The van der Waals surface area contributed by atoms with Gasteiger partial charge in [-0.05, 0) is 276 Å². The molecule has 25 aromatic rings. The summed E-state index contributed by atoms with van der Waals surface area (Å²) >= 11 is 0. The zero-order chi connectivity index (χ0) is 98.1. The van der Waals surface area contributed by atoms with Gasteiger partial charge in [0.15, 0.2) is 5.43 Å². The second kappa shape index (κ2) is 29.6. The molecule has 5 heteroatoms. The number of rotatable bonds is 3. The smallest absolute Gasteiger partial charge is 0.197 e. The van der Waals surface area contributed by atoms with Crippen molar-refractivity contribution in [2.24, 2.45) is 0 Å². The predicted molar refractivity (Wildman–Crippen MR) is 610 cm³/mol. The first-order chi connectivity index (χ1) is 70.2. The van der Waals surface area contributed by atoms with Crippen LogP contribution in [0.2, 0.25) is 0 Å².